The van der Waals surface area contributed by atoms with Crippen molar-refractivity contribution in [1.29, 1.82) is 0 Å². The molecule has 0 aliphatic carbocycles. The molecule has 0 spiro atoms. The zero-order valence-electron chi connectivity index (χ0n) is 6.15. The predicted octanol–water partition coefficient (Wildman–Crippen LogP) is -0.718. The van der Waals surface area contributed by atoms with Crippen molar-refractivity contribution in [2.75, 3.05) is 17.3 Å². The van der Waals surface area contributed by atoms with Crippen LogP contribution in [-0.4, -0.2) is 25.0 Å². The Bertz CT molecular complexity index is 238. The standard InChI is InChI=1S/C5H8BN5/c1-11(6)5-2-4(10-7)8-3-9-5/h2-3H,7H2,1H3,(H,8,9,10). The van der Waals surface area contributed by atoms with Gasteiger partial charge in [-0.2, -0.15) is 0 Å². The van der Waals surface area contributed by atoms with Crippen LogP contribution in [0.25, 0.3) is 0 Å². The number of nitrogen functional groups attached to an aromatic ring is 1. The number of hydrazine groups is 1. The fraction of sp³-hybridized carbons (Fsp3) is 0.200. The van der Waals surface area contributed by atoms with Crippen LogP contribution in [-0.2, 0) is 0 Å². The first-order valence-electron chi connectivity index (χ1n) is 3.01. The lowest BCUT2D eigenvalue weighted by Gasteiger charge is -2.11. The molecule has 3 N–H and O–H groups in total. The SMILES string of the molecule is [B]N(C)c1cc(NN)ncn1. The van der Waals surface area contributed by atoms with Gasteiger partial charge in [-0.05, 0) is 7.05 Å². The number of anilines is 2. The van der Waals surface area contributed by atoms with E-state index in [1.807, 2.05) is 0 Å². The number of nitrogens with two attached hydrogens (primary N) is 1. The second-order valence-electron chi connectivity index (χ2n) is 2.02. The van der Waals surface area contributed by atoms with E-state index < -0.39 is 0 Å². The average molecular weight is 149 g/mol. The number of hydrogen-bond donors (Lipinski definition) is 2. The van der Waals surface area contributed by atoms with Crippen molar-refractivity contribution in [2.45, 2.75) is 0 Å². The third kappa shape index (κ3) is 1.81. The Labute approximate surface area is 66.0 Å². The molecule has 0 aromatic carbocycles. The van der Waals surface area contributed by atoms with E-state index in [0.29, 0.717) is 11.6 Å². The van der Waals surface area contributed by atoms with Gasteiger partial charge in [0.05, 0.1) is 0 Å². The van der Waals surface area contributed by atoms with E-state index in [4.69, 9.17) is 13.8 Å². The minimum Gasteiger partial charge on any atom is -0.413 e. The third-order valence-corrected chi connectivity index (χ3v) is 1.16. The number of nitrogens with zero attached hydrogens (tertiary/aromatic N) is 3. The molecule has 0 bridgehead atoms. The van der Waals surface area contributed by atoms with Gasteiger partial charge in [0.2, 0.25) is 7.98 Å². The van der Waals surface area contributed by atoms with Crippen LogP contribution in [0.5, 0.6) is 0 Å². The summed E-state index contributed by atoms with van der Waals surface area (Å²) in [5.41, 5.74) is 2.39. The average Bonchev–Trinajstić information content (AvgIpc) is 2.05. The highest BCUT2D eigenvalue weighted by Crippen LogP contribution is 2.08. The van der Waals surface area contributed by atoms with Gasteiger partial charge < -0.3 is 10.2 Å². The molecule has 0 amide bonds. The second-order valence-corrected chi connectivity index (χ2v) is 2.02. The maximum absolute atomic E-state index is 5.41. The molecule has 0 unspecified atom stereocenters. The smallest absolute Gasteiger partial charge is 0.228 e. The Kier molecular flexibility index (Phi) is 2.27. The van der Waals surface area contributed by atoms with Gasteiger partial charge in [0.25, 0.3) is 0 Å². The Morgan fingerprint density at radius 3 is 2.91 bits per heavy atom. The number of rotatable bonds is 2. The van der Waals surface area contributed by atoms with Crippen molar-refractivity contribution >= 4 is 19.6 Å². The molecule has 0 saturated heterocycles. The zero-order chi connectivity index (χ0) is 8.27. The molecule has 11 heavy (non-hydrogen) atoms. The Morgan fingerprint density at radius 2 is 2.36 bits per heavy atom. The predicted molar refractivity (Wildman–Crippen MR) is 44.0 cm³/mol. The molecule has 0 aliphatic heterocycles. The van der Waals surface area contributed by atoms with Crippen molar-refractivity contribution in [3.63, 3.8) is 0 Å². The summed E-state index contributed by atoms with van der Waals surface area (Å²) in [6.07, 6.45) is 1.38. The minimum absolute atomic E-state index is 0.535. The summed E-state index contributed by atoms with van der Waals surface area (Å²) < 4.78 is 0. The highest BCUT2D eigenvalue weighted by Gasteiger charge is 1.96. The van der Waals surface area contributed by atoms with Crippen molar-refractivity contribution in [3.05, 3.63) is 12.4 Å². The molecular weight excluding hydrogens is 141 g/mol. The molecule has 2 radical (unpaired) electrons. The maximum Gasteiger partial charge on any atom is 0.228 e. The number of nitrogens with one attached hydrogen (secondary N) is 1. The molecule has 1 rings (SSSR count). The molecule has 1 aromatic rings. The summed E-state index contributed by atoms with van der Waals surface area (Å²) in [4.78, 5) is 9.07. The molecule has 0 atom stereocenters. The monoisotopic (exact) mass is 149 g/mol. The molecule has 6 heteroatoms. The first-order chi connectivity index (χ1) is 5.24. The molecule has 0 aliphatic rings. The lowest BCUT2D eigenvalue weighted by atomic mass is 10.3. The van der Waals surface area contributed by atoms with Crippen LogP contribution in [0.2, 0.25) is 0 Å². The Hall–Kier alpha value is -1.30. The molecule has 0 saturated carbocycles. The van der Waals surface area contributed by atoms with Crippen molar-refractivity contribution in [1.82, 2.24) is 9.97 Å². The normalized spacial score (nSPS) is 9.27. The van der Waals surface area contributed by atoms with E-state index in [1.54, 1.807) is 13.1 Å². The number of aromatic nitrogens is 2. The fourth-order valence-corrected chi connectivity index (χ4v) is 0.619. The van der Waals surface area contributed by atoms with Gasteiger partial charge in [-0.3, -0.25) is 0 Å². The van der Waals surface area contributed by atoms with E-state index in [-0.39, 0.29) is 0 Å². The largest absolute Gasteiger partial charge is 0.413 e. The third-order valence-electron chi connectivity index (χ3n) is 1.16. The summed E-state index contributed by atoms with van der Waals surface area (Å²) in [5, 5.41) is 0. The maximum atomic E-state index is 5.41. The number of hydrogen-bond acceptors (Lipinski definition) is 5. The minimum atomic E-state index is 0.535. The van der Waals surface area contributed by atoms with Gasteiger partial charge in [0.1, 0.15) is 18.0 Å². The van der Waals surface area contributed by atoms with E-state index in [2.05, 4.69) is 15.4 Å². The highest BCUT2D eigenvalue weighted by atomic mass is 15.3. The van der Waals surface area contributed by atoms with E-state index >= 15 is 0 Å². The van der Waals surface area contributed by atoms with Gasteiger partial charge in [0.15, 0.2) is 0 Å². The van der Waals surface area contributed by atoms with Gasteiger partial charge in [-0.1, -0.05) is 0 Å². The van der Waals surface area contributed by atoms with Crippen LogP contribution in [0, 0.1) is 0 Å². The molecule has 1 heterocycles. The van der Waals surface area contributed by atoms with Crippen LogP contribution < -0.4 is 16.1 Å². The quantitative estimate of drug-likeness (QED) is 0.330. The van der Waals surface area contributed by atoms with E-state index in [0.717, 1.165) is 0 Å². The van der Waals surface area contributed by atoms with Gasteiger partial charge in [0, 0.05) is 6.07 Å². The highest BCUT2D eigenvalue weighted by molar-refractivity contribution is 6.17. The lowest BCUT2D eigenvalue weighted by Crippen LogP contribution is -2.15. The second kappa shape index (κ2) is 3.20. The molecule has 1 aromatic heterocycles. The molecule has 56 valence electrons. The summed E-state index contributed by atoms with van der Waals surface area (Å²) in [5.74, 6) is 6.26. The van der Waals surface area contributed by atoms with Crippen LogP contribution in [0.3, 0.4) is 0 Å². The van der Waals surface area contributed by atoms with Crippen molar-refractivity contribution in [2.24, 2.45) is 5.84 Å². The van der Waals surface area contributed by atoms with Gasteiger partial charge in [-0.15, -0.1) is 0 Å². The van der Waals surface area contributed by atoms with E-state index in [1.165, 1.54) is 11.1 Å². The first kappa shape index (κ1) is 7.81. The molecule has 0 fully saturated rings. The first-order valence-corrected chi connectivity index (χ1v) is 3.01. The van der Waals surface area contributed by atoms with Crippen molar-refractivity contribution < 1.29 is 0 Å². The van der Waals surface area contributed by atoms with E-state index in [9.17, 15) is 0 Å². The van der Waals surface area contributed by atoms with Gasteiger partial charge >= 0.3 is 0 Å². The Balaban J connectivity index is 2.91. The Morgan fingerprint density at radius 1 is 1.64 bits per heavy atom. The molecule has 5 nitrogen and oxygen atoms in total. The topological polar surface area (TPSA) is 67.1 Å². The summed E-state index contributed by atoms with van der Waals surface area (Å²) >= 11 is 0. The summed E-state index contributed by atoms with van der Waals surface area (Å²) in [6.45, 7) is 0. The molecular formula is C5H8BN5. The van der Waals surface area contributed by atoms with Crippen LogP contribution >= 0.6 is 0 Å². The zero-order valence-corrected chi connectivity index (χ0v) is 6.15. The van der Waals surface area contributed by atoms with Gasteiger partial charge in [-0.25, -0.2) is 15.8 Å². The lowest BCUT2D eigenvalue weighted by molar-refractivity contribution is 1.10. The fourth-order valence-electron chi connectivity index (χ4n) is 0.619. The summed E-state index contributed by atoms with van der Waals surface area (Å²) in [7, 11) is 7.09. The van der Waals surface area contributed by atoms with Crippen LogP contribution in [0.1, 0.15) is 0 Å². The summed E-state index contributed by atoms with van der Waals surface area (Å²) in [6, 6.07) is 1.64. The van der Waals surface area contributed by atoms with Crippen molar-refractivity contribution in [3.8, 4) is 0 Å². The van der Waals surface area contributed by atoms with Crippen LogP contribution in [0.15, 0.2) is 12.4 Å². The van der Waals surface area contributed by atoms with Crippen LogP contribution in [0.4, 0.5) is 11.6 Å².